The Kier molecular flexibility index (Phi) is 5.45. The van der Waals surface area contributed by atoms with E-state index >= 15 is 0 Å². The molecule has 1 atom stereocenters. The number of hydrogen-bond acceptors (Lipinski definition) is 5. The quantitative estimate of drug-likeness (QED) is 0.638. The maximum atomic E-state index is 12.7. The van der Waals surface area contributed by atoms with Crippen LogP contribution in [0.1, 0.15) is 12.5 Å². The van der Waals surface area contributed by atoms with Gasteiger partial charge in [-0.05, 0) is 35.0 Å². The lowest BCUT2D eigenvalue weighted by atomic mass is 10.2. The number of para-hydroxylation sites is 1. The highest BCUT2D eigenvalue weighted by Gasteiger charge is 2.22. The number of anilines is 1. The first kappa shape index (κ1) is 17.2. The van der Waals surface area contributed by atoms with Gasteiger partial charge >= 0.3 is 0 Å². The van der Waals surface area contributed by atoms with Crippen molar-refractivity contribution in [1.82, 2.24) is 20.2 Å². The van der Waals surface area contributed by atoms with Crippen molar-refractivity contribution < 1.29 is 4.79 Å². The molecular weight excluding hydrogens is 334 g/mol. The molecular formula is C18H19N5OS. The summed E-state index contributed by atoms with van der Waals surface area (Å²) in [6.07, 6.45) is 0. The highest BCUT2D eigenvalue weighted by atomic mass is 32.2. The fourth-order valence-electron chi connectivity index (χ4n) is 2.40. The molecule has 0 N–H and O–H groups in total. The molecule has 0 aliphatic rings. The van der Waals surface area contributed by atoms with Gasteiger partial charge in [0.05, 0.1) is 11.8 Å². The molecule has 2 aromatic carbocycles. The maximum Gasteiger partial charge on any atom is 0.240 e. The van der Waals surface area contributed by atoms with Crippen LogP contribution in [-0.4, -0.2) is 38.4 Å². The van der Waals surface area contributed by atoms with Gasteiger partial charge in [-0.1, -0.05) is 60.3 Å². The van der Waals surface area contributed by atoms with Crippen LogP contribution in [0.2, 0.25) is 0 Å². The van der Waals surface area contributed by atoms with Crippen molar-refractivity contribution in [3.8, 4) is 0 Å². The number of rotatable bonds is 6. The second kappa shape index (κ2) is 7.94. The molecule has 0 saturated carbocycles. The maximum absolute atomic E-state index is 12.7. The van der Waals surface area contributed by atoms with E-state index in [1.165, 1.54) is 11.8 Å². The zero-order valence-corrected chi connectivity index (χ0v) is 14.9. The van der Waals surface area contributed by atoms with E-state index in [9.17, 15) is 4.79 Å². The second-order valence-electron chi connectivity index (χ2n) is 5.60. The molecule has 0 spiro atoms. The molecule has 0 saturated heterocycles. The van der Waals surface area contributed by atoms with Crippen LogP contribution >= 0.6 is 11.8 Å². The molecule has 0 aliphatic heterocycles. The first-order valence-electron chi connectivity index (χ1n) is 7.94. The Balaban J connectivity index is 1.68. The monoisotopic (exact) mass is 353 g/mol. The van der Waals surface area contributed by atoms with E-state index in [2.05, 4.69) is 15.5 Å². The van der Waals surface area contributed by atoms with Gasteiger partial charge in [0.1, 0.15) is 0 Å². The molecule has 6 nitrogen and oxygen atoms in total. The van der Waals surface area contributed by atoms with Crippen LogP contribution in [0, 0.1) is 0 Å². The molecule has 7 heteroatoms. The largest absolute Gasteiger partial charge is 0.315 e. The summed E-state index contributed by atoms with van der Waals surface area (Å²) >= 11 is 1.36. The van der Waals surface area contributed by atoms with Gasteiger partial charge in [-0.2, -0.15) is 0 Å². The first-order chi connectivity index (χ1) is 12.1. The highest BCUT2D eigenvalue weighted by molar-refractivity contribution is 8.00. The molecule has 1 amide bonds. The molecule has 0 bridgehead atoms. The molecule has 1 heterocycles. The third-order valence-corrected chi connectivity index (χ3v) is 4.84. The van der Waals surface area contributed by atoms with Gasteiger partial charge in [0, 0.05) is 12.7 Å². The van der Waals surface area contributed by atoms with Gasteiger partial charge in [-0.15, -0.1) is 5.10 Å². The SMILES string of the molecule is CC(Sc1nnnn1Cc1ccccc1)C(=O)N(C)c1ccccc1. The Labute approximate surface area is 150 Å². The van der Waals surface area contributed by atoms with Crippen molar-refractivity contribution in [3.05, 3.63) is 66.2 Å². The van der Waals surface area contributed by atoms with E-state index < -0.39 is 0 Å². The molecule has 25 heavy (non-hydrogen) atoms. The van der Waals surface area contributed by atoms with Crippen molar-refractivity contribution in [2.75, 3.05) is 11.9 Å². The van der Waals surface area contributed by atoms with Crippen LogP contribution in [0.25, 0.3) is 0 Å². The van der Waals surface area contributed by atoms with Crippen LogP contribution in [0.15, 0.2) is 65.8 Å². The van der Waals surface area contributed by atoms with E-state index in [0.717, 1.165) is 11.3 Å². The standard InChI is InChI=1S/C18H19N5OS/c1-14(17(24)22(2)16-11-7-4-8-12-16)25-18-19-20-21-23(18)13-15-9-5-3-6-10-15/h3-12,14H,13H2,1-2H3. The summed E-state index contributed by atoms with van der Waals surface area (Å²) in [4.78, 5) is 14.3. The average molecular weight is 353 g/mol. The molecule has 0 fully saturated rings. The van der Waals surface area contributed by atoms with Crippen LogP contribution < -0.4 is 4.90 Å². The van der Waals surface area contributed by atoms with Crippen molar-refractivity contribution in [1.29, 1.82) is 0 Å². The van der Waals surface area contributed by atoms with Crippen LogP contribution in [0.4, 0.5) is 5.69 Å². The number of hydrogen-bond donors (Lipinski definition) is 0. The lowest BCUT2D eigenvalue weighted by molar-refractivity contribution is -0.117. The predicted molar refractivity (Wildman–Crippen MR) is 98.5 cm³/mol. The normalized spacial score (nSPS) is 11.9. The van der Waals surface area contributed by atoms with E-state index in [4.69, 9.17) is 0 Å². The Morgan fingerprint density at radius 1 is 1.12 bits per heavy atom. The molecule has 128 valence electrons. The third-order valence-electron chi connectivity index (χ3n) is 3.78. The van der Waals surface area contributed by atoms with Crippen molar-refractivity contribution in [2.45, 2.75) is 23.9 Å². The zero-order chi connectivity index (χ0) is 17.6. The Morgan fingerprint density at radius 2 is 1.76 bits per heavy atom. The van der Waals surface area contributed by atoms with Gasteiger partial charge in [-0.3, -0.25) is 4.79 Å². The summed E-state index contributed by atoms with van der Waals surface area (Å²) in [5.74, 6) is 0.00506. The Morgan fingerprint density at radius 3 is 2.44 bits per heavy atom. The summed E-state index contributed by atoms with van der Waals surface area (Å²) in [7, 11) is 1.78. The molecule has 0 radical (unpaired) electrons. The molecule has 3 aromatic rings. The molecule has 0 aliphatic carbocycles. The zero-order valence-electron chi connectivity index (χ0n) is 14.1. The summed E-state index contributed by atoms with van der Waals surface area (Å²) in [6.45, 7) is 2.44. The Bertz CT molecular complexity index is 822. The third kappa shape index (κ3) is 4.24. The summed E-state index contributed by atoms with van der Waals surface area (Å²) in [5.41, 5.74) is 1.97. The van der Waals surface area contributed by atoms with Crippen LogP contribution in [0.3, 0.4) is 0 Å². The van der Waals surface area contributed by atoms with Crippen molar-refractivity contribution >= 4 is 23.4 Å². The van der Waals surface area contributed by atoms with E-state index in [-0.39, 0.29) is 11.2 Å². The average Bonchev–Trinajstić information content (AvgIpc) is 3.08. The lowest BCUT2D eigenvalue weighted by Crippen LogP contribution is -2.33. The van der Waals surface area contributed by atoms with E-state index in [1.807, 2.05) is 67.6 Å². The topological polar surface area (TPSA) is 63.9 Å². The minimum absolute atomic E-state index is 0.00506. The highest BCUT2D eigenvalue weighted by Crippen LogP contribution is 2.24. The second-order valence-corrected chi connectivity index (χ2v) is 6.91. The van der Waals surface area contributed by atoms with Crippen LogP contribution in [0.5, 0.6) is 0 Å². The number of amides is 1. The summed E-state index contributed by atoms with van der Waals surface area (Å²) < 4.78 is 1.71. The minimum Gasteiger partial charge on any atom is -0.315 e. The van der Waals surface area contributed by atoms with Gasteiger partial charge in [0.2, 0.25) is 11.1 Å². The van der Waals surface area contributed by atoms with E-state index in [1.54, 1.807) is 16.6 Å². The summed E-state index contributed by atoms with van der Waals surface area (Å²) in [6, 6.07) is 19.6. The van der Waals surface area contributed by atoms with Gasteiger partial charge in [0.25, 0.3) is 0 Å². The molecule has 1 aromatic heterocycles. The van der Waals surface area contributed by atoms with Crippen molar-refractivity contribution in [3.63, 3.8) is 0 Å². The number of carbonyl (C=O) groups is 1. The smallest absolute Gasteiger partial charge is 0.240 e. The number of tetrazole rings is 1. The minimum atomic E-state index is -0.300. The first-order valence-corrected chi connectivity index (χ1v) is 8.82. The fraction of sp³-hybridized carbons (Fsp3) is 0.222. The summed E-state index contributed by atoms with van der Waals surface area (Å²) in [5, 5.41) is 12.2. The number of nitrogens with zero attached hydrogens (tertiary/aromatic N) is 5. The molecule has 3 rings (SSSR count). The fourth-order valence-corrected chi connectivity index (χ4v) is 3.28. The number of aromatic nitrogens is 4. The van der Waals surface area contributed by atoms with Crippen molar-refractivity contribution in [2.24, 2.45) is 0 Å². The van der Waals surface area contributed by atoms with Gasteiger partial charge in [0.15, 0.2) is 0 Å². The van der Waals surface area contributed by atoms with Gasteiger partial charge < -0.3 is 4.90 Å². The van der Waals surface area contributed by atoms with E-state index in [0.29, 0.717) is 11.7 Å². The number of thioether (sulfide) groups is 1. The number of carbonyl (C=O) groups excluding carboxylic acids is 1. The predicted octanol–water partition coefficient (Wildman–Crippen LogP) is 2.87. The Hall–Kier alpha value is -2.67. The number of benzene rings is 2. The van der Waals surface area contributed by atoms with Gasteiger partial charge in [-0.25, -0.2) is 4.68 Å². The van der Waals surface area contributed by atoms with Crippen LogP contribution in [-0.2, 0) is 11.3 Å². The molecule has 1 unspecified atom stereocenters. The lowest BCUT2D eigenvalue weighted by Gasteiger charge is -2.20.